The van der Waals surface area contributed by atoms with E-state index in [0.717, 1.165) is 25.1 Å². The molecule has 102 valence electrons. The van der Waals surface area contributed by atoms with Crippen molar-refractivity contribution in [1.82, 2.24) is 15.1 Å². The van der Waals surface area contributed by atoms with Gasteiger partial charge in [0.2, 0.25) is 0 Å². The molecule has 6 heteroatoms. The van der Waals surface area contributed by atoms with E-state index < -0.39 is 0 Å². The Morgan fingerprint density at radius 3 is 3.17 bits per heavy atom. The second-order valence-corrected chi connectivity index (χ2v) is 4.82. The Kier molecular flexibility index (Phi) is 5.00. The molecule has 2 heterocycles. The molecule has 1 fully saturated rings. The molecule has 2 unspecified atom stereocenters. The molecule has 0 aromatic carbocycles. The number of nitrogens with zero attached hydrogens (tertiary/aromatic N) is 2. The number of rotatable bonds is 6. The SMILES string of the molecule is CNC(c1c(Cl)cnn1CCOC)C1CCCO1. The topological polar surface area (TPSA) is 48.3 Å². The van der Waals surface area contributed by atoms with Gasteiger partial charge < -0.3 is 14.8 Å². The molecular formula is C12H20ClN3O2. The first-order valence-electron chi connectivity index (χ1n) is 6.27. The summed E-state index contributed by atoms with van der Waals surface area (Å²) in [6.45, 7) is 2.14. The summed E-state index contributed by atoms with van der Waals surface area (Å²) in [5, 5.41) is 8.28. The van der Waals surface area contributed by atoms with Gasteiger partial charge in [0.15, 0.2) is 0 Å². The van der Waals surface area contributed by atoms with E-state index in [9.17, 15) is 0 Å². The number of likely N-dealkylation sites (N-methyl/N-ethyl adjacent to an activating group) is 1. The maximum Gasteiger partial charge on any atom is 0.0835 e. The fourth-order valence-corrected chi connectivity index (χ4v) is 2.66. The highest BCUT2D eigenvalue weighted by atomic mass is 35.5. The predicted molar refractivity (Wildman–Crippen MR) is 69.9 cm³/mol. The number of aromatic nitrogens is 2. The van der Waals surface area contributed by atoms with E-state index in [1.165, 1.54) is 0 Å². The van der Waals surface area contributed by atoms with Crippen LogP contribution in [0, 0.1) is 0 Å². The minimum atomic E-state index is 0.0827. The molecule has 1 N–H and O–H groups in total. The zero-order chi connectivity index (χ0) is 13.0. The van der Waals surface area contributed by atoms with E-state index in [1.807, 2.05) is 11.7 Å². The summed E-state index contributed by atoms with van der Waals surface area (Å²) in [5.41, 5.74) is 0.989. The molecule has 1 aliphatic heterocycles. The van der Waals surface area contributed by atoms with Crippen LogP contribution >= 0.6 is 11.6 Å². The molecule has 1 saturated heterocycles. The number of nitrogens with one attached hydrogen (secondary N) is 1. The summed E-state index contributed by atoms with van der Waals surface area (Å²) in [5.74, 6) is 0. The van der Waals surface area contributed by atoms with Crippen LogP contribution in [-0.2, 0) is 16.0 Å². The van der Waals surface area contributed by atoms with E-state index in [1.54, 1.807) is 13.3 Å². The number of ether oxygens (including phenoxy) is 2. The normalized spacial score (nSPS) is 21.4. The van der Waals surface area contributed by atoms with Crippen molar-refractivity contribution in [3.05, 3.63) is 16.9 Å². The summed E-state index contributed by atoms with van der Waals surface area (Å²) in [4.78, 5) is 0. The average Bonchev–Trinajstić information content (AvgIpc) is 3.00. The van der Waals surface area contributed by atoms with Crippen LogP contribution in [0.4, 0.5) is 0 Å². The van der Waals surface area contributed by atoms with Crippen LogP contribution in [0.15, 0.2) is 6.20 Å². The summed E-state index contributed by atoms with van der Waals surface area (Å²) in [7, 11) is 3.61. The molecule has 18 heavy (non-hydrogen) atoms. The lowest BCUT2D eigenvalue weighted by Gasteiger charge is -2.24. The van der Waals surface area contributed by atoms with Crippen LogP contribution < -0.4 is 5.32 Å². The molecule has 0 spiro atoms. The highest BCUT2D eigenvalue weighted by Crippen LogP contribution is 2.30. The molecule has 0 radical (unpaired) electrons. The van der Waals surface area contributed by atoms with Gasteiger partial charge in [0.05, 0.1) is 42.2 Å². The van der Waals surface area contributed by atoms with E-state index in [-0.39, 0.29) is 12.1 Å². The van der Waals surface area contributed by atoms with Crippen molar-refractivity contribution in [3.63, 3.8) is 0 Å². The lowest BCUT2D eigenvalue weighted by atomic mass is 10.0. The molecule has 0 amide bonds. The molecule has 0 bridgehead atoms. The fourth-order valence-electron chi connectivity index (χ4n) is 2.40. The Morgan fingerprint density at radius 2 is 2.56 bits per heavy atom. The van der Waals surface area contributed by atoms with Crippen molar-refractivity contribution >= 4 is 11.6 Å². The standard InChI is InChI=1S/C12H20ClN3O2/c1-14-11(10-4-3-6-18-10)12-9(13)8-15-16(12)5-7-17-2/h8,10-11,14H,3-7H2,1-2H3. The fraction of sp³-hybridized carbons (Fsp3) is 0.750. The molecule has 2 rings (SSSR count). The summed E-state index contributed by atoms with van der Waals surface area (Å²) in [6, 6.07) is 0.0827. The minimum Gasteiger partial charge on any atom is -0.383 e. The van der Waals surface area contributed by atoms with Gasteiger partial charge in [0.1, 0.15) is 0 Å². The van der Waals surface area contributed by atoms with Crippen LogP contribution in [-0.4, -0.2) is 43.3 Å². The third-order valence-electron chi connectivity index (χ3n) is 3.28. The Morgan fingerprint density at radius 1 is 1.72 bits per heavy atom. The van der Waals surface area contributed by atoms with Gasteiger partial charge in [-0.05, 0) is 19.9 Å². The first-order valence-corrected chi connectivity index (χ1v) is 6.64. The highest BCUT2D eigenvalue weighted by Gasteiger charge is 2.30. The van der Waals surface area contributed by atoms with Crippen LogP contribution in [0.25, 0.3) is 0 Å². The van der Waals surface area contributed by atoms with Gasteiger partial charge in [-0.1, -0.05) is 11.6 Å². The summed E-state index contributed by atoms with van der Waals surface area (Å²) in [6.07, 6.45) is 4.01. The Balaban J connectivity index is 2.20. The predicted octanol–water partition coefficient (Wildman–Crippen LogP) is 1.62. The molecule has 2 atom stereocenters. The quantitative estimate of drug-likeness (QED) is 0.856. The monoisotopic (exact) mass is 273 g/mol. The zero-order valence-electron chi connectivity index (χ0n) is 10.9. The molecule has 5 nitrogen and oxygen atoms in total. The Bertz CT molecular complexity index is 377. The summed E-state index contributed by atoms with van der Waals surface area (Å²) >= 11 is 6.26. The van der Waals surface area contributed by atoms with Crippen molar-refractivity contribution < 1.29 is 9.47 Å². The maximum atomic E-state index is 6.26. The lowest BCUT2D eigenvalue weighted by molar-refractivity contribution is 0.0772. The smallest absolute Gasteiger partial charge is 0.0835 e. The van der Waals surface area contributed by atoms with Crippen molar-refractivity contribution in [3.8, 4) is 0 Å². The summed E-state index contributed by atoms with van der Waals surface area (Å²) < 4.78 is 12.7. The molecule has 0 saturated carbocycles. The first-order chi connectivity index (χ1) is 8.77. The Hall–Kier alpha value is -0.620. The first kappa shape index (κ1) is 13.8. The van der Waals surface area contributed by atoms with Gasteiger partial charge in [0.25, 0.3) is 0 Å². The van der Waals surface area contributed by atoms with Crippen LogP contribution in [0.3, 0.4) is 0 Å². The van der Waals surface area contributed by atoms with Gasteiger partial charge in [-0.15, -0.1) is 0 Å². The van der Waals surface area contributed by atoms with Crippen molar-refractivity contribution in [2.75, 3.05) is 27.4 Å². The maximum absolute atomic E-state index is 6.26. The van der Waals surface area contributed by atoms with Crippen LogP contribution in [0.5, 0.6) is 0 Å². The van der Waals surface area contributed by atoms with Crippen molar-refractivity contribution in [2.45, 2.75) is 31.5 Å². The highest BCUT2D eigenvalue weighted by molar-refractivity contribution is 6.31. The van der Waals surface area contributed by atoms with Gasteiger partial charge in [0, 0.05) is 13.7 Å². The molecular weight excluding hydrogens is 254 g/mol. The number of hydrogen-bond donors (Lipinski definition) is 1. The minimum absolute atomic E-state index is 0.0827. The van der Waals surface area contributed by atoms with Gasteiger partial charge in [-0.25, -0.2) is 0 Å². The van der Waals surface area contributed by atoms with Gasteiger partial charge >= 0.3 is 0 Å². The second-order valence-electron chi connectivity index (χ2n) is 4.41. The van der Waals surface area contributed by atoms with E-state index in [2.05, 4.69) is 10.4 Å². The third-order valence-corrected chi connectivity index (χ3v) is 3.57. The van der Waals surface area contributed by atoms with Crippen LogP contribution in [0.2, 0.25) is 5.02 Å². The Labute approximate surface area is 112 Å². The van der Waals surface area contributed by atoms with E-state index in [0.29, 0.717) is 18.2 Å². The molecule has 1 aromatic heterocycles. The van der Waals surface area contributed by atoms with E-state index in [4.69, 9.17) is 21.1 Å². The average molecular weight is 274 g/mol. The second kappa shape index (κ2) is 6.52. The van der Waals surface area contributed by atoms with Crippen molar-refractivity contribution in [2.24, 2.45) is 0 Å². The lowest BCUT2D eigenvalue weighted by Crippen LogP contribution is -2.31. The third kappa shape index (κ3) is 2.85. The number of halogens is 1. The number of methoxy groups -OCH3 is 1. The molecule has 1 aromatic rings. The van der Waals surface area contributed by atoms with Crippen molar-refractivity contribution in [1.29, 1.82) is 0 Å². The largest absolute Gasteiger partial charge is 0.383 e. The number of hydrogen-bond acceptors (Lipinski definition) is 4. The molecule has 1 aliphatic rings. The van der Waals surface area contributed by atoms with E-state index >= 15 is 0 Å². The van der Waals surface area contributed by atoms with Crippen LogP contribution in [0.1, 0.15) is 24.6 Å². The zero-order valence-corrected chi connectivity index (χ0v) is 11.6. The van der Waals surface area contributed by atoms with Gasteiger partial charge in [-0.3, -0.25) is 4.68 Å². The molecule has 0 aliphatic carbocycles. The van der Waals surface area contributed by atoms with Gasteiger partial charge in [-0.2, -0.15) is 5.10 Å².